The van der Waals surface area contributed by atoms with Crippen LogP contribution in [0.5, 0.6) is 0 Å². The van der Waals surface area contributed by atoms with E-state index in [9.17, 15) is 9.59 Å². The van der Waals surface area contributed by atoms with Gasteiger partial charge in [-0.15, -0.1) is 0 Å². The quantitative estimate of drug-likeness (QED) is 0.633. The molecule has 0 bridgehead atoms. The molecular formula is C15H16ClNO3. The van der Waals surface area contributed by atoms with E-state index in [1.54, 1.807) is 23.1 Å². The van der Waals surface area contributed by atoms with E-state index in [-0.39, 0.29) is 11.9 Å². The van der Waals surface area contributed by atoms with Gasteiger partial charge in [-0.2, -0.15) is 0 Å². The molecule has 0 spiro atoms. The standard InChI is InChI=1S/C15H16ClNO3/c1-3-10(15(19)20-2)6-7-17-13-9-12(16)5-4-11(13)8-14(17)18/h4-6,9H,3,7-8H2,1-2H3. The van der Waals surface area contributed by atoms with Gasteiger partial charge in [0.25, 0.3) is 0 Å². The maximum atomic E-state index is 12.0. The van der Waals surface area contributed by atoms with E-state index in [1.165, 1.54) is 7.11 Å². The number of carbonyl (C=O) groups excluding carboxylic acids is 2. The molecule has 1 aliphatic heterocycles. The molecule has 2 rings (SSSR count). The Balaban J connectivity index is 2.22. The molecule has 0 aromatic heterocycles. The van der Waals surface area contributed by atoms with Crippen LogP contribution in [0.15, 0.2) is 29.8 Å². The van der Waals surface area contributed by atoms with Crippen molar-refractivity contribution in [2.24, 2.45) is 0 Å². The highest BCUT2D eigenvalue weighted by Crippen LogP contribution is 2.31. The third kappa shape index (κ3) is 2.85. The number of fused-ring (bicyclic) bond motifs is 1. The van der Waals surface area contributed by atoms with Crippen LogP contribution in [0.25, 0.3) is 0 Å². The summed E-state index contributed by atoms with van der Waals surface area (Å²) in [5, 5.41) is 0.594. The zero-order valence-corrected chi connectivity index (χ0v) is 12.2. The Kier molecular flexibility index (Phi) is 4.45. The molecule has 1 aliphatic rings. The van der Waals surface area contributed by atoms with E-state index in [1.807, 2.05) is 13.0 Å². The summed E-state index contributed by atoms with van der Waals surface area (Å²) in [4.78, 5) is 25.2. The molecule has 1 heterocycles. The maximum Gasteiger partial charge on any atom is 0.333 e. The number of esters is 1. The van der Waals surface area contributed by atoms with Crippen molar-refractivity contribution in [1.82, 2.24) is 0 Å². The molecule has 0 unspecified atom stereocenters. The average Bonchev–Trinajstić information content (AvgIpc) is 2.74. The molecule has 0 atom stereocenters. The molecule has 0 radical (unpaired) electrons. The first-order chi connectivity index (χ1) is 9.56. The third-order valence-corrected chi connectivity index (χ3v) is 3.56. The van der Waals surface area contributed by atoms with E-state index >= 15 is 0 Å². The van der Waals surface area contributed by atoms with Crippen molar-refractivity contribution in [3.8, 4) is 0 Å². The van der Waals surface area contributed by atoms with E-state index < -0.39 is 0 Å². The van der Waals surface area contributed by atoms with Crippen LogP contribution in [0, 0.1) is 0 Å². The molecule has 0 aliphatic carbocycles. The fraction of sp³-hybridized carbons (Fsp3) is 0.333. The second-order valence-electron chi connectivity index (χ2n) is 4.53. The van der Waals surface area contributed by atoms with Gasteiger partial charge in [0.15, 0.2) is 0 Å². The number of ether oxygens (including phenoxy) is 1. The molecule has 4 nitrogen and oxygen atoms in total. The summed E-state index contributed by atoms with van der Waals surface area (Å²) in [6.07, 6.45) is 2.68. The highest BCUT2D eigenvalue weighted by Gasteiger charge is 2.26. The van der Waals surface area contributed by atoms with Crippen LogP contribution in [-0.2, 0) is 20.7 Å². The number of methoxy groups -OCH3 is 1. The van der Waals surface area contributed by atoms with Crippen molar-refractivity contribution in [2.45, 2.75) is 19.8 Å². The Bertz CT molecular complexity index is 580. The largest absolute Gasteiger partial charge is 0.466 e. The number of amides is 1. The van der Waals surface area contributed by atoms with Crippen LogP contribution in [0.4, 0.5) is 5.69 Å². The SMILES string of the molecule is CCC(=CCN1C(=O)Cc2ccc(Cl)cc21)C(=O)OC. The van der Waals surface area contributed by atoms with Gasteiger partial charge in [0.2, 0.25) is 5.91 Å². The van der Waals surface area contributed by atoms with Gasteiger partial charge in [0.1, 0.15) is 0 Å². The van der Waals surface area contributed by atoms with Crippen LogP contribution < -0.4 is 4.90 Å². The fourth-order valence-corrected chi connectivity index (χ4v) is 2.40. The zero-order valence-electron chi connectivity index (χ0n) is 11.5. The minimum absolute atomic E-state index is 0.0128. The normalized spacial score (nSPS) is 14.4. The topological polar surface area (TPSA) is 46.6 Å². The summed E-state index contributed by atoms with van der Waals surface area (Å²) in [5.41, 5.74) is 2.35. The number of nitrogens with zero attached hydrogens (tertiary/aromatic N) is 1. The van der Waals surface area contributed by atoms with Gasteiger partial charge in [-0.1, -0.05) is 30.7 Å². The van der Waals surface area contributed by atoms with Gasteiger partial charge in [0.05, 0.1) is 13.5 Å². The van der Waals surface area contributed by atoms with Crippen LogP contribution >= 0.6 is 11.6 Å². The zero-order chi connectivity index (χ0) is 14.7. The van der Waals surface area contributed by atoms with Gasteiger partial charge in [-0.3, -0.25) is 4.79 Å². The summed E-state index contributed by atoms with van der Waals surface area (Å²) < 4.78 is 4.70. The lowest BCUT2D eigenvalue weighted by Gasteiger charge is -2.16. The first-order valence-corrected chi connectivity index (χ1v) is 6.80. The van der Waals surface area contributed by atoms with E-state index in [0.29, 0.717) is 30.0 Å². The molecule has 0 N–H and O–H groups in total. The lowest BCUT2D eigenvalue weighted by atomic mass is 10.1. The summed E-state index contributed by atoms with van der Waals surface area (Å²) in [5.74, 6) is -0.343. The number of hydrogen-bond acceptors (Lipinski definition) is 3. The number of benzene rings is 1. The summed E-state index contributed by atoms with van der Waals surface area (Å²) in [6, 6.07) is 5.42. The highest BCUT2D eigenvalue weighted by atomic mass is 35.5. The second kappa shape index (κ2) is 6.09. The highest BCUT2D eigenvalue weighted by molar-refractivity contribution is 6.31. The van der Waals surface area contributed by atoms with Gasteiger partial charge in [-0.25, -0.2) is 4.79 Å². The average molecular weight is 294 g/mol. The molecule has 0 fully saturated rings. The first-order valence-electron chi connectivity index (χ1n) is 6.43. The Morgan fingerprint density at radius 3 is 2.90 bits per heavy atom. The number of hydrogen-bond donors (Lipinski definition) is 0. The smallest absolute Gasteiger partial charge is 0.333 e. The van der Waals surface area contributed by atoms with Gasteiger partial charge in [0, 0.05) is 22.8 Å². The van der Waals surface area contributed by atoms with Crippen molar-refractivity contribution in [1.29, 1.82) is 0 Å². The third-order valence-electron chi connectivity index (χ3n) is 3.33. The molecule has 0 saturated carbocycles. The van der Waals surface area contributed by atoms with Crippen molar-refractivity contribution in [3.05, 3.63) is 40.4 Å². The van der Waals surface area contributed by atoms with E-state index in [4.69, 9.17) is 16.3 Å². The summed E-state index contributed by atoms with van der Waals surface area (Å²) in [6.45, 7) is 2.23. The van der Waals surface area contributed by atoms with Crippen molar-refractivity contribution in [3.63, 3.8) is 0 Å². The van der Waals surface area contributed by atoms with Crippen LogP contribution in [-0.4, -0.2) is 25.5 Å². The number of halogens is 1. The lowest BCUT2D eigenvalue weighted by Crippen LogP contribution is -2.27. The second-order valence-corrected chi connectivity index (χ2v) is 4.97. The predicted molar refractivity (Wildman–Crippen MR) is 77.9 cm³/mol. The Morgan fingerprint density at radius 2 is 2.25 bits per heavy atom. The van der Waals surface area contributed by atoms with Crippen LogP contribution in [0.2, 0.25) is 5.02 Å². The molecule has 1 amide bonds. The van der Waals surface area contributed by atoms with Gasteiger partial charge >= 0.3 is 5.97 Å². The summed E-state index contributed by atoms with van der Waals surface area (Å²) >= 11 is 5.97. The van der Waals surface area contributed by atoms with Crippen molar-refractivity contribution < 1.29 is 14.3 Å². The van der Waals surface area contributed by atoms with Crippen LogP contribution in [0.3, 0.4) is 0 Å². The van der Waals surface area contributed by atoms with Gasteiger partial charge in [-0.05, 0) is 24.1 Å². The minimum atomic E-state index is -0.356. The Hall–Kier alpha value is -1.81. The molecule has 5 heteroatoms. The fourth-order valence-electron chi connectivity index (χ4n) is 2.24. The predicted octanol–water partition coefficient (Wildman–Crippen LogP) is 2.74. The van der Waals surface area contributed by atoms with Crippen molar-refractivity contribution >= 4 is 29.2 Å². The molecule has 1 aromatic carbocycles. The monoisotopic (exact) mass is 293 g/mol. The maximum absolute atomic E-state index is 12.0. The lowest BCUT2D eigenvalue weighted by molar-refractivity contribution is -0.136. The molecule has 20 heavy (non-hydrogen) atoms. The molecule has 106 valence electrons. The minimum Gasteiger partial charge on any atom is -0.466 e. The van der Waals surface area contributed by atoms with Crippen LogP contribution in [0.1, 0.15) is 18.9 Å². The molecule has 1 aromatic rings. The Morgan fingerprint density at radius 1 is 1.50 bits per heavy atom. The van der Waals surface area contributed by atoms with E-state index in [0.717, 1.165) is 11.3 Å². The first kappa shape index (κ1) is 14.6. The van der Waals surface area contributed by atoms with Gasteiger partial charge < -0.3 is 9.64 Å². The number of carbonyl (C=O) groups is 2. The Labute approximate surface area is 123 Å². The number of rotatable bonds is 4. The summed E-state index contributed by atoms with van der Waals surface area (Å²) in [7, 11) is 1.35. The number of anilines is 1. The molecular weight excluding hydrogens is 278 g/mol. The van der Waals surface area contributed by atoms with E-state index in [2.05, 4.69) is 0 Å². The van der Waals surface area contributed by atoms with Crippen molar-refractivity contribution in [2.75, 3.05) is 18.6 Å². The molecule has 0 saturated heterocycles.